The Morgan fingerprint density at radius 1 is 1.62 bits per heavy atom. The minimum absolute atomic E-state index is 0.114. The Balaban J connectivity index is 2.67. The molecule has 0 aliphatic rings. The minimum Gasteiger partial charge on any atom is -0.315 e. The van der Waals surface area contributed by atoms with Gasteiger partial charge in [0.25, 0.3) is 11.3 Å². The summed E-state index contributed by atoms with van der Waals surface area (Å²) < 4.78 is 1.31. The zero-order valence-corrected chi connectivity index (χ0v) is 7.11. The lowest BCUT2D eigenvalue weighted by Gasteiger charge is -1.97. The molecule has 0 aliphatic carbocycles. The van der Waals surface area contributed by atoms with Crippen LogP contribution in [0.2, 0.25) is 0 Å². The topological polar surface area (TPSA) is 75.1 Å². The number of fused-ring (bicyclic) bond motifs is 1. The van der Waals surface area contributed by atoms with Crippen molar-refractivity contribution in [1.29, 1.82) is 0 Å². The van der Waals surface area contributed by atoms with Crippen LogP contribution in [0.3, 0.4) is 0 Å². The predicted octanol–water partition coefficient (Wildman–Crippen LogP) is -0.863. The Morgan fingerprint density at radius 2 is 2.46 bits per heavy atom. The van der Waals surface area contributed by atoms with Crippen molar-refractivity contribution in [2.75, 3.05) is 7.05 Å². The van der Waals surface area contributed by atoms with Gasteiger partial charge in [-0.1, -0.05) is 0 Å². The number of aromatic nitrogens is 4. The lowest BCUT2D eigenvalue weighted by atomic mass is 10.3. The predicted molar refractivity (Wildman–Crippen MR) is 46.4 cm³/mol. The fraction of sp³-hybridized carbons (Fsp3) is 0.286. The average Bonchev–Trinajstić information content (AvgIpc) is 2.58. The first kappa shape index (κ1) is 7.93. The molecule has 0 aliphatic heterocycles. The third-order valence-electron chi connectivity index (χ3n) is 1.75. The molecule has 0 bridgehead atoms. The molecule has 6 heteroatoms. The highest BCUT2D eigenvalue weighted by Crippen LogP contribution is 1.91. The van der Waals surface area contributed by atoms with Crippen LogP contribution in [0.25, 0.3) is 5.78 Å². The van der Waals surface area contributed by atoms with Crippen LogP contribution >= 0.6 is 0 Å². The second kappa shape index (κ2) is 2.98. The Kier molecular flexibility index (Phi) is 1.82. The van der Waals surface area contributed by atoms with Crippen molar-refractivity contribution < 1.29 is 0 Å². The van der Waals surface area contributed by atoms with Gasteiger partial charge >= 0.3 is 0 Å². The largest absolute Gasteiger partial charge is 0.315 e. The third-order valence-corrected chi connectivity index (χ3v) is 1.75. The van der Waals surface area contributed by atoms with Gasteiger partial charge in [-0.25, -0.2) is 9.97 Å². The highest BCUT2D eigenvalue weighted by Gasteiger charge is 2.04. The monoisotopic (exact) mass is 179 g/mol. The van der Waals surface area contributed by atoms with Crippen LogP contribution in [0.4, 0.5) is 0 Å². The van der Waals surface area contributed by atoms with Crippen molar-refractivity contribution in [1.82, 2.24) is 24.9 Å². The Bertz CT molecular complexity index is 471. The molecule has 2 heterocycles. The van der Waals surface area contributed by atoms with Gasteiger partial charge in [0.1, 0.15) is 6.33 Å². The first-order valence-corrected chi connectivity index (χ1v) is 3.87. The van der Waals surface area contributed by atoms with Gasteiger partial charge in [0.15, 0.2) is 0 Å². The molecule has 2 aromatic rings. The second-order valence-corrected chi connectivity index (χ2v) is 2.64. The SMILES string of the molecule is CNCc1cnc2nc[nH]n2c1=O. The third kappa shape index (κ3) is 1.20. The Morgan fingerprint density at radius 3 is 3.23 bits per heavy atom. The summed E-state index contributed by atoms with van der Waals surface area (Å²) in [5.41, 5.74) is 0.501. The first-order valence-electron chi connectivity index (χ1n) is 3.87. The fourth-order valence-electron chi connectivity index (χ4n) is 1.15. The number of hydrogen-bond acceptors (Lipinski definition) is 4. The van der Waals surface area contributed by atoms with Crippen molar-refractivity contribution in [2.24, 2.45) is 0 Å². The van der Waals surface area contributed by atoms with E-state index in [9.17, 15) is 4.79 Å². The molecule has 0 amide bonds. The summed E-state index contributed by atoms with van der Waals surface area (Å²) in [6.45, 7) is 0.508. The smallest absolute Gasteiger partial charge is 0.278 e. The summed E-state index contributed by atoms with van der Waals surface area (Å²) in [6.07, 6.45) is 2.97. The second-order valence-electron chi connectivity index (χ2n) is 2.64. The molecule has 0 saturated carbocycles. The van der Waals surface area contributed by atoms with E-state index >= 15 is 0 Å². The normalized spacial score (nSPS) is 10.8. The summed E-state index contributed by atoms with van der Waals surface area (Å²) in [5, 5.41) is 5.58. The molecule has 2 aromatic heterocycles. The number of nitrogens with zero attached hydrogens (tertiary/aromatic N) is 3. The van der Waals surface area contributed by atoms with Gasteiger partial charge in [0.2, 0.25) is 0 Å². The standard InChI is InChI=1S/C7H9N5O/c1-8-2-5-3-9-7-10-4-11-12(7)6(5)13/h3-4,8H,2H2,1H3,(H,9,10,11). The number of hydrogen-bond donors (Lipinski definition) is 2. The maximum Gasteiger partial charge on any atom is 0.278 e. The molecule has 2 N–H and O–H groups in total. The van der Waals surface area contributed by atoms with Gasteiger partial charge in [0.05, 0.1) is 5.56 Å². The molecule has 68 valence electrons. The van der Waals surface area contributed by atoms with E-state index in [4.69, 9.17) is 0 Å². The van der Waals surface area contributed by atoms with E-state index in [1.165, 1.54) is 17.0 Å². The van der Waals surface area contributed by atoms with E-state index in [0.717, 1.165) is 0 Å². The van der Waals surface area contributed by atoms with Gasteiger partial charge in [-0.05, 0) is 7.05 Å². The van der Waals surface area contributed by atoms with E-state index in [1.54, 1.807) is 7.05 Å². The summed E-state index contributed by atoms with van der Waals surface area (Å²) in [4.78, 5) is 19.4. The number of H-pyrrole nitrogens is 1. The number of rotatable bonds is 2. The van der Waals surface area contributed by atoms with Crippen LogP contribution in [0.15, 0.2) is 17.3 Å². The van der Waals surface area contributed by atoms with Gasteiger partial charge in [-0.2, -0.15) is 4.52 Å². The first-order chi connectivity index (χ1) is 6.33. The average molecular weight is 179 g/mol. The van der Waals surface area contributed by atoms with Gasteiger partial charge in [-0.3, -0.25) is 9.89 Å². The molecule has 0 aromatic carbocycles. The van der Waals surface area contributed by atoms with Gasteiger partial charge in [0, 0.05) is 12.7 Å². The van der Waals surface area contributed by atoms with E-state index in [-0.39, 0.29) is 5.56 Å². The zero-order valence-electron chi connectivity index (χ0n) is 7.11. The Labute approximate surface area is 73.6 Å². The van der Waals surface area contributed by atoms with E-state index < -0.39 is 0 Å². The van der Waals surface area contributed by atoms with Gasteiger partial charge < -0.3 is 5.32 Å². The molecular formula is C7H9N5O. The summed E-state index contributed by atoms with van der Waals surface area (Å²) >= 11 is 0. The lowest BCUT2D eigenvalue weighted by Crippen LogP contribution is -2.23. The van der Waals surface area contributed by atoms with Crippen molar-refractivity contribution >= 4 is 5.78 Å². The molecule has 13 heavy (non-hydrogen) atoms. The summed E-state index contributed by atoms with van der Waals surface area (Å²) in [5.74, 6) is 0.393. The van der Waals surface area contributed by atoms with E-state index in [2.05, 4.69) is 20.4 Å². The molecule has 0 spiro atoms. The van der Waals surface area contributed by atoms with Crippen molar-refractivity contribution in [2.45, 2.75) is 6.54 Å². The van der Waals surface area contributed by atoms with Crippen LogP contribution in [-0.4, -0.2) is 26.6 Å². The van der Waals surface area contributed by atoms with Crippen molar-refractivity contribution in [3.8, 4) is 0 Å². The molecule has 6 nitrogen and oxygen atoms in total. The highest BCUT2D eigenvalue weighted by atomic mass is 16.1. The van der Waals surface area contributed by atoms with Crippen LogP contribution in [0.5, 0.6) is 0 Å². The summed E-state index contributed by atoms with van der Waals surface area (Å²) in [6, 6.07) is 0. The zero-order chi connectivity index (χ0) is 9.26. The van der Waals surface area contributed by atoms with Crippen molar-refractivity contribution in [3.05, 3.63) is 28.4 Å². The van der Waals surface area contributed by atoms with Crippen molar-refractivity contribution in [3.63, 3.8) is 0 Å². The minimum atomic E-state index is -0.114. The molecule has 0 radical (unpaired) electrons. The maximum absolute atomic E-state index is 11.6. The molecule has 2 rings (SSSR count). The molecule has 0 fully saturated rings. The van der Waals surface area contributed by atoms with Crippen LogP contribution in [0, 0.1) is 0 Å². The van der Waals surface area contributed by atoms with E-state index in [1.807, 2.05) is 0 Å². The Hall–Kier alpha value is -1.69. The molecule has 0 unspecified atom stereocenters. The lowest BCUT2D eigenvalue weighted by molar-refractivity contribution is 0.776. The maximum atomic E-state index is 11.6. The van der Waals surface area contributed by atoms with Crippen LogP contribution in [-0.2, 0) is 6.54 Å². The molecule has 0 saturated heterocycles. The molecular weight excluding hydrogens is 170 g/mol. The number of nitrogens with one attached hydrogen (secondary N) is 2. The number of aromatic amines is 1. The quantitative estimate of drug-likeness (QED) is 0.629. The highest BCUT2D eigenvalue weighted by molar-refractivity contribution is 5.25. The van der Waals surface area contributed by atoms with Crippen LogP contribution in [0.1, 0.15) is 5.56 Å². The van der Waals surface area contributed by atoms with Crippen LogP contribution < -0.4 is 10.9 Å². The summed E-state index contributed by atoms with van der Waals surface area (Å²) in [7, 11) is 1.78. The molecule has 0 atom stereocenters. The van der Waals surface area contributed by atoms with Gasteiger partial charge in [-0.15, -0.1) is 0 Å². The van der Waals surface area contributed by atoms with E-state index in [0.29, 0.717) is 17.9 Å². The fourth-order valence-corrected chi connectivity index (χ4v) is 1.15.